The first-order chi connectivity index (χ1) is 13.8. The van der Waals surface area contributed by atoms with E-state index in [2.05, 4.69) is 30.5 Å². The second-order valence-corrected chi connectivity index (χ2v) is 9.70. The van der Waals surface area contributed by atoms with Crippen molar-refractivity contribution < 1.29 is 9.59 Å². The van der Waals surface area contributed by atoms with E-state index in [0.717, 1.165) is 24.8 Å². The number of thiophene rings is 1. The summed E-state index contributed by atoms with van der Waals surface area (Å²) in [4.78, 5) is 31.4. The lowest BCUT2D eigenvalue weighted by Crippen LogP contribution is -2.52. The van der Waals surface area contributed by atoms with E-state index in [1.54, 1.807) is 16.2 Å². The monoisotopic (exact) mass is 412 g/mol. The van der Waals surface area contributed by atoms with Crippen LogP contribution in [-0.4, -0.2) is 40.2 Å². The molecule has 29 heavy (non-hydrogen) atoms. The van der Waals surface area contributed by atoms with Gasteiger partial charge in [0.15, 0.2) is 0 Å². The van der Waals surface area contributed by atoms with Gasteiger partial charge in [0, 0.05) is 23.4 Å². The summed E-state index contributed by atoms with van der Waals surface area (Å²) < 4.78 is 0. The van der Waals surface area contributed by atoms with Crippen LogP contribution in [0.2, 0.25) is 0 Å². The van der Waals surface area contributed by atoms with E-state index in [1.807, 2.05) is 43.9 Å². The van der Waals surface area contributed by atoms with Crippen LogP contribution < -0.4 is 0 Å². The van der Waals surface area contributed by atoms with Gasteiger partial charge in [0.1, 0.15) is 6.54 Å². The van der Waals surface area contributed by atoms with Crippen molar-refractivity contribution in [3.05, 3.63) is 57.8 Å². The van der Waals surface area contributed by atoms with Gasteiger partial charge in [-0.05, 0) is 56.2 Å². The Kier molecular flexibility index (Phi) is 6.78. The summed E-state index contributed by atoms with van der Waals surface area (Å²) in [5.74, 6) is 0.0904. The van der Waals surface area contributed by atoms with Gasteiger partial charge in [0.2, 0.25) is 11.8 Å². The first-order valence-corrected chi connectivity index (χ1v) is 11.4. The third kappa shape index (κ3) is 4.89. The van der Waals surface area contributed by atoms with Gasteiger partial charge in [-0.3, -0.25) is 9.59 Å². The summed E-state index contributed by atoms with van der Waals surface area (Å²) >= 11 is 1.77. The zero-order valence-electron chi connectivity index (χ0n) is 18.0. The van der Waals surface area contributed by atoms with E-state index in [-0.39, 0.29) is 29.9 Å². The lowest BCUT2D eigenvalue weighted by Gasteiger charge is -2.40. The van der Waals surface area contributed by atoms with Gasteiger partial charge in [-0.1, -0.05) is 43.7 Å². The minimum absolute atomic E-state index is 0.0236. The fourth-order valence-corrected chi connectivity index (χ4v) is 4.87. The van der Waals surface area contributed by atoms with E-state index in [9.17, 15) is 9.59 Å². The number of carbonyl (C=O) groups excluding carboxylic acids is 2. The first-order valence-electron chi connectivity index (χ1n) is 10.5. The Hall–Kier alpha value is -2.14. The molecule has 5 heteroatoms. The topological polar surface area (TPSA) is 40.6 Å². The number of hydrogen-bond acceptors (Lipinski definition) is 3. The highest BCUT2D eigenvalue weighted by atomic mass is 32.1. The predicted octanol–water partition coefficient (Wildman–Crippen LogP) is 5.04. The summed E-state index contributed by atoms with van der Waals surface area (Å²) in [6.07, 6.45) is 3.20. The number of unbranched alkanes of at least 4 members (excludes halogenated alkanes) is 1. The number of carbonyl (C=O) groups is 2. The zero-order chi connectivity index (χ0) is 21.0. The fraction of sp³-hybridized carbons (Fsp3) is 0.500. The molecule has 0 saturated heterocycles. The molecule has 3 rings (SSSR count). The molecule has 4 nitrogen and oxygen atoms in total. The lowest BCUT2D eigenvalue weighted by atomic mass is 9.93. The average molecular weight is 413 g/mol. The van der Waals surface area contributed by atoms with Crippen LogP contribution in [0, 0.1) is 0 Å². The number of amides is 2. The molecule has 2 aromatic rings. The minimum Gasteiger partial charge on any atom is -0.330 e. The molecule has 1 aliphatic heterocycles. The molecule has 0 fully saturated rings. The second-order valence-electron chi connectivity index (χ2n) is 8.70. The van der Waals surface area contributed by atoms with Crippen molar-refractivity contribution in [3.63, 3.8) is 0 Å². The van der Waals surface area contributed by atoms with Crippen molar-refractivity contribution >= 4 is 23.2 Å². The molecule has 1 unspecified atom stereocenters. The van der Waals surface area contributed by atoms with Gasteiger partial charge >= 0.3 is 0 Å². The number of benzene rings is 1. The maximum absolute atomic E-state index is 13.5. The quantitative estimate of drug-likeness (QED) is 0.667. The number of hydrogen-bond donors (Lipinski definition) is 0. The van der Waals surface area contributed by atoms with Gasteiger partial charge < -0.3 is 9.80 Å². The molecular formula is C24H32N2O2S. The Morgan fingerprint density at radius 1 is 1.17 bits per heavy atom. The lowest BCUT2D eigenvalue weighted by molar-refractivity contribution is -0.145. The van der Waals surface area contributed by atoms with Crippen molar-refractivity contribution in [1.29, 1.82) is 0 Å². The van der Waals surface area contributed by atoms with Crippen molar-refractivity contribution in [2.45, 2.75) is 65.0 Å². The molecule has 2 amide bonds. The molecule has 2 heterocycles. The van der Waals surface area contributed by atoms with Crippen LogP contribution in [0.25, 0.3) is 0 Å². The molecule has 1 aliphatic rings. The third-order valence-corrected chi connectivity index (χ3v) is 6.55. The van der Waals surface area contributed by atoms with Gasteiger partial charge in [0.25, 0.3) is 0 Å². The maximum atomic E-state index is 13.5. The summed E-state index contributed by atoms with van der Waals surface area (Å²) in [6.45, 7) is 8.92. The van der Waals surface area contributed by atoms with Crippen molar-refractivity contribution in [1.82, 2.24) is 9.80 Å². The molecule has 1 aromatic carbocycles. The molecule has 156 valence electrons. The Morgan fingerprint density at radius 2 is 1.90 bits per heavy atom. The Bertz CT molecular complexity index is 838. The molecule has 0 aliphatic carbocycles. The minimum atomic E-state index is -0.383. The van der Waals surface area contributed by atoms with E-state index in [0.29, 0.717) is 13.0 Å². The van der Waals surface area contributed by atoms with Crippen LogP contribution >= 0.6 is 11.3 Å². The normalized spacial score (nSPS) is 16.4. The van der Waals surface area contributed by atoms with E-state index in [4.69, 9.17) is 0 Å². The standard InChI is InChI=1S/C24H32N2O2S/c1-5-6-12-21(27)26(24(2,3)4)17-22(28)25-15-13-20-19(14-16-29-20)23(25)18-10-8-7-9-11-18/h7-11,14,16,23H,5-6,12-13,15,17H2,1-4H3. The summed E-state index contributed by atoms with van der Waals surface area (Å²) in [6, 6.07) is 12.3. The van der Waals surface area contributed by atoms with Crippen LogP contribution in [0.5, 0.6) is 0 Å². The van der Waals surface area contributed by atoms with Crippen LogP contribution in [0.3, 0.4) is 0 Å². The number of fused-ring (bicyclic) bond motifs is 1. The predicted molar refractivity (Wildman–Crippen MR) is 119 cm³/mol. The van der Waals surface area contributed by atoms with E-state index < -0.39 is 0 Å². The van der Waals surface area contributed by atoms with Gasteiger partial charge in [-0.2, -0.15) is 0 Å². The van der Waals surface area contributed by atoms with Crippen LogP contribution in [0.15, 0.2) is 41.8 Å². The highest BCUT2D eigenvalue weighted by Crippen LogP contribution is 2.38. The van der Waals surface area contributed by atoms with Gasteiger partial charge in [-0.15, -0.1) is 11.3 Å². The average Bonchev–Trinajstić information content (AvgIpc) is 3.17. The second kappa shape index (κ2) is 9.12. The number of nitrogens with zero attached hydrogens (tertiary/aromatic N) is 2. The largest absolute Gasteiger partial charge is 0.330 e. The Balaban J connectivity index is 1.87. The molecule has 0 bridgehead atoms. The summed E-state index contributed by atoms with van der Waals surface area (Å²) in [5, 5.41) is 2.12. The molecule has 0 spiro atoms. The zero-order valence-corrected chi connectivity index (χ0v) is 18.8. The van der Waals surface area contributed by atoms with E-state index >= 15 is 0 Å². The van der Waals surface area contributed by atoms with Gasteiger partial charge in [-0.25, -0.2) is 0 Å². The smallest absolute Gasteiger partial charge is 0.243 e. The highest BCUT2D eigenvalue weighted by molar-refractivity contribution is 7.10. The van der Waals surface area contributed by atoms with E-state index in [1.165, 1.54) is 10.4 Å². The van der Waals surface area contributed by atoms with Crippen molar-refractivity contribution in [3.8, 4) is 0 Å². The van der Waals surface area contributed by atoms with Gasteiger partial charge in [0.05, 0.1) is 6.04 Å². The molecule has 0 radical (unpaired) electrons. The van der Waals surface area contributed by atoms with Crippen LogP contribution in [-0.2, 0) is 16.0 Å². The number of rotatable bonds is 6. The maximum Gasteiger partial charge on any atom is 0.243 e. The van der Waals surface area contributed by atoms with Crippen LogP contribution in [0.1, 0.15) is 69.0 Å². The molecule has 1 aromatic heterocycles. The molecule has 1 atom stereocenters. The third-order valence-electron chi connectivity index (χ3n) is 5.55. The van der Waals surface area contributed by atoms with Crippen molar-refractivity contribution in [2.24, 2.45) is 0 Å². The Morgan fingerprint density at radius 3 is 2.55 bits per heavy atom. The molecule has 0 N–H and O–H groups in total. The SMILES string of the molecule is CCCCC(=O)N(CC(=O)N1CCc2sccc2C1c1ccccc1)C(C)(C)C. The fourth-order valence-electron chi connectivity index (χ4n) is 3.97. The molecule has 0 saturated carbocycles. The molecular weight excluding hydrogens is 380 g/mol. The highest BCUT2D eigenvalue weighted by Gasteiger charge is 2.35. The first kappa shape index (κ1) is 21.6. The van der Waals surface area contributed by atoms with Crippen molar-refractivity contribution in [2.75, 3.05) is 13.1 Å². The summed E-state index contributed by atoms with van der Waals surface area (Å²) in [5.41, 5.74) is 1.96. The van der Waals surface area contributed by atoms with Crippen LogP contribution in [0.4, 0.5) is 0 Å². The summed E-state index contributed by atoms with van der Waals surface area (Å²) in [7, 11) is 0. The Labute approximate surface area is 178 Å².